The maximum atomic E-state index is 12.5. The van der Waals surface area contributed by atoms with Crippen LogP contribution < -0.4 is 5.32 Å². The summed E-state index contributed by atoms with van der Waals surface area (Å²) in [6, 6.07) is 7.01. The van der Waals surface area contributed by atoms with Crippen molar-refractivity contribution < 1.29 is 14.4 Å². The standard InChI is InChI=1S/C21H26N4O3S/c26-18(14-17-19(27)23-21(29-17)25-11-2-1-3-12-25)22-16-8-6-7-15(13-16)20(28)24-9-4-5-10-24/h6-8,13,17H,1-5,9-12,14H2,(H,22,26)/t17-/m0/s1. The molecule has 0 radical (unpaired) electrons. The third-order valence-electron chi connectivity index (χ3n) is 5.51. The highest BCUT2D eigenvalue weighted by atomic mass is 32.2. The first kappa shape index (κ1) is 19.9. The molecule has 2 saturated heterocycles. The van der Waals surface area contributed by atoms with Gasteiger partial charge in [0, 0.05) is 43.9 Å². The van der Waals surface area contributed by atoms with Gasteiger partial charge in [0.1, 0.15) is 5.25 Å². The zero-order valence-corrected chi connectivity index (χ0v) is 17.2. The van der Waals surface area contributed by atoms with E-state index >= 15 is 0 Å². The molecule has 0 unspecified atom stereocenters. The number of carbonyl (C=O) groups is 3. The molecule has 3 amide bonds. The number of carbonyl (C=O) groups excluding carboxylic acids is 3. The number of nitrogens with zero attached hydrogens (tertiary/aromatic N) is 3. The van der Waals surface area contributed by atoms with Crippen molar-refractivity contribution in [2.24, 2.45) is 4.99 Å². The van der Waals surface area contributed by atoms with Crippen LogP contribution in [0, 0.1) is 0 Å². The molecule has 4 rings (SSSR count). The van der Waals surface area contributed by atoms with Crippen LogP contribution in [0.5, 0.6) is 0 Å². The summed E-state index contributed by atoms with van der Waals surface area (Å²) in [6.07, 6.45) is 5.60. The first-order valence-electron chi connectivity index (χ1n) is 10.3. The SMILES string of the molecule is O=C(C[C@@H]1SC(N2CCCCC2)=NC1=O)Nc1cccc(C(=O)N2CCCC2)c1. The van der Waals surface area contributed by atoms with E-state index in [2.05, 4.69) is 15.2 Å². The molecule has 0 aliphatic carbocycles. The minimum absolute atomic E-state index is 0.000279. The van der Waals surface area contributed by atoms with Crippen molar-refractivity contribution in [1.29, 1.82) is 0 Å². The Bertz CT molecular complexity index is 829. The van der Waals surface area contributed by atoms with E-state index in [1.165, 1.54) is 18.2 Å². The zero-order chi connectivity index (χ0) is 20.2. The van der Waals surface area contributed by atoms with Crippen LogP contribution in [-0.4, -0.2) is 64.1 Å². The van der Waals surface area contributed by atoms with Crippen LogP contribution in [0.1, 0.15) is 48.9 Å². The Balaban J connectivity index is 1.32. The smallest absolute Gasteiger partial charge is 0.262 e. The van der Waals surface area contributed by atoms with Crippen LogP contribution >= 0.6 is 11.8 Å². The van der Waals surface area contributed by atoms with E-state index in [1.807, 2.05) is 4.90 Å². The lowest BCUT2D eigenvalue weighted by molar-refractivity contribution is -0.121. The van der Waals surface area contributed by atoms with E-state index in [0.29, 0.717) is 11.3 Å². The van der Waals surface area contributed by atoms with Crippen LogP contribution in [0.2, 0.25) is 0 Å². The minimum atomic E-state index is -0.471. The van der Waals surface area contributed by atoms with E-state index < -0.39 is 5.25 Å². The molecule has 0 aromatic heterocycles. The van der Waals surface area contributed by atoms with Crippen LogP contribution in [0.15, 0.2) is 29.3 Å². The Morgan fingerprint density at radius 3 is 2.55 bits per heavy atom. The first-order chi connectivity index (χ1) is 14.1. The lowest BCUT2D eigenvalue weighted by Crippen LogP contribution is -2.33. The molecule has 154 valence electrons. The van der Waals surface area contributed by atoms with Gasteiger partial charge in [-0.2, -0.15) is 4.99 Å². The summed E-state index contributed by atoms with van der Waals surface area (Å²) in [6.45, 7) is 3.43. The maximum absolute atomic E-state index is 12.5. The van der Waals surface area contributed by atoms with Gasteiger partial charge in [-0.3, -0.25) is 14.4 Å². The first-order valence-corrected chi connectivity index (χ1v) is 11.2. The van der Waals surface area contributed by atoms with Crippen molar-refractivity contribution in [2.45, 2.75) is 43.8 Å². The number of likely N-dealkylation sites (tertiary alicyclic amines) is 2. The average Bonchev–Trinajstić information content (AvgIpc) is 3.39. The lowest BCUT2D eigenvalue weighted by atomic mass is 10.1. The molecular weight excluding hydrogens is 388 g/mol. The fraction of sp³-hybridized carbons (Fsp3) is 0.524. The topological polar surface area (TPSA) is 82.1 Å². The van der Waals surface area contributed by atoms with E-state index in [0.717, 1.165) is 57.0 Å². The number of hydrogen-bond donors (Lipinski definition) is 1. The number of hydrogen-bond acceptors (Lipinski definition) is 5. The second kappa shape index (κ2) is 8.98. The van der Waals surface area contributed by atoms with E-state index in [9.17, 15) is 14.4 Å². The fourth-order valence-electron chi connectivity index (χ4n) is 3.94. The number of aliphatic imine (C=N–C) groups is 1. The van der Waals surface area contributed by atoms with Gasteiger partial charge in [-0.05, 0) is 50.3 Å². The third-order valence-corrected chi connectivity index (χ3v) is 6.73. The number of rotatable bonds is 4. The predicted molar refractivity (Wildman–Crippen MR) is 114 cm³/mol. The van der Waals surface area contributed by atoms with Gasteiger partial charge in [0.05, 0.1) is 0 Å². The highest BCUT2D eigenvalue weighted by Gasteiger charge is 2.33. The fourth-order valence-corrected chi connectivity index (χ4v) is 5.06. The molecule has 29 heavy (non-hydrogen) atoms. The Morgan fingerprint density at radius 2 is 1.79 bits per heavy atom. The average molecular weight is 415 g/mol. The molecule has 1 aromatic rings. The molecule has 0 saturated carbocycles. The van der Waals surface area contributed by atoms with E-state index in [-0.39, 0.29) is 24.1 Å². The van der Waals surface area contributed by atoms with Crippen molar-refractivity contribution in [3.63, 3.8) is 0 Å². The third kappa shape index (κ3) is 4.80. The Hall–Kier alpha value is -2.35. The molecule has 2 fully saturated rings. The molecule has 1 aromatic carbocycles. The van der Waals surface area contributed by atoms with Gasteiger partial charge in [-0.25, -0.2) is 0 Å². The molecule has 3 heterocycles. The van der Waals surface area contributed by atoms with Crippen molar-refractivity contribution in [3.8, 4) is 0 Å². The molecule has 1 N–H and O–H groups in total. The molecule has 1 atom stereocenters. The number of thioether (sulfide) groups is 1. The maximum Gasteiger partial charge on any atom is 0.262 e. The highest BCUT2D eigenvalue weighted by molar-refractivity contribution is 8.15. The Labute approximate surface area is 174 Å². The van der Waals surface area contributed by atoms with Gasteiger partial charge >= 0.3 is 0 Å². The number of nitrogens with one attached hydrogen (secondary N) is 1. The summed E-state index contributed by atoms with van der Waals surface area (Å²) in [7, 11) is 0. The van der Waals surface area contributed by atoms with Crippen LogP contribution in [0.25, 0.3) is 0 Å². The number of benzene rings is 1. The van der Waals surface area contributed by atoms with Crippen molar-refractivity contribution in [2.75, 3.05) is 31.5 Å². The predicted octanol–water partition coefficient (Wildman–Crippen LogP) is 2.74. The van der Waals surface area contributed by atoms with Crippen molar-refractivity contribution >= 4 is 40.3 Å². The summed E-state index contributed by atoms with van der Waals surface area (Å²) in [5.74, 6) is -0.472. The Morgan fingerprint density at radius 1 is 1.07 bits per heavy atom. The highest BCUT2D eigenvalue weighted by Crippen LogP contribution is 2.29. The number of piperidine rings is 1. The van der Waals surface area contributed by atoms with Crippen molar-refractivity contribution in [3.05, 3.63) is 29.8 Å². The second-order valence-electron chi connectivity index (χ2n) is 7.72. The van der Waals surface area contributed by atoms with Gasteiger partial charge < -0.3 is 15.1 Å². The van der Waals surface area contributed by atoms with E-state index in [4.69, 9.17) is 0 Å². The zero-order valence-electron chi connectivity index (χ0n) is 16.4. The molecule has 0 spiro atoms. The largest absolute Gasteiger partial charge is 0.351 e. The number of amides is 3. The number of anilines is 1. The minimum Gasteiger partial charge on any atom is -0.351 e. The Kier molecular flexibility index (Phi) is 6.18. The van der Waals surface area contributed by atoms with Gasteiger partial charge in [-0.1, -0.05) is 17.8 Å². The second-order valence-corrected chi connectivity index (χ2v) is 8.89. The molecule has 3 aliphatic heterocycles. The normalized spacial score (nSPS) is 22.0. The number of amidine groups is 1. The molecular formula is C21H26N4O3S. The monoisotopic (exact) mass is 414 g/mol. The van der Waals surface area contributed by atoms with Crippen LogP contribution in [-0.2, 0) is 9.59 Å². The lowest BCUT2D eigenvalue weighted by Gasteiger charge is -2.27. The summed E-state index contributed by atoms with van der Waals surface area (Å²) >= 11 is 1.39. The summed E-state index contributed by atoms with van der Waals surface area (Å²) in [4.78, 5) is 45.4. The van der Waals surface area contributed by atoms with E-state index in [1.54, 1.807) is 24.3 Å². The van der Waals surface area contributed by atoms with Gasteiger partial charge in [0.2, 0.25) is 5.91 Å². The van der Waals surface area contributed by atoms with Gasteiger partial charge in [0.25, 0.3) is 11.8 Å². The van der Waals surface area contributed by atoms with Gasteiger partial charge in [0.15, 0.2) is 5.17 Å². The summed E-state index contributed by atoms with van der Waals surface area (Å²) in [5, 5.41) is 3.11. The van der Waals surface area contributed by atoms with Crippen molar-refractivity contribution in [1.82, 2.24) is 9.80 Å². The molecule has 8 heteroatoms. The van der Waals surface area contributed by atoms with Crippen LogP contribution in [0.4, 0.5) is 5.69 Å². The van der Waals surface area contributed by atoms with Crippen LogP contribution in [0.3, 0.4) is 0 Å². The van der Waals surface area contributed by atoms with Gasteiger partial charge in [-0.15, -0.1) is 0 Å². The summed E-state index contributed by atoms with van der Waals surface area (Å²) in [5.41, 5.74) is 1.15. The quantitative estimate of drug-likeness (QED) is 0.819. The molecule has 7 nitrogen and oxygen atoms in total. The molecule has 0 bridgehead atoms. The molecule has 3 aliphatic rings. The summed E-state index contributed by atoms with van der Waals surface area (Å²) < 4.78 is 0.